The Balaban J connectivity index is 1.73. The third kappa shape index (κ3) is 5.07. The normalized spacial score (nSPS) is 11.9. The summed E-state index contributed by atoms with van der Waals surface area (Å²) in [6.45, 7) is -0.426. The van der Waals surface area contributed by atoms with Crippen molar-refractivity contribution in [2.45, 2.75) is 12.8 Å². The monoisotopic (exact) mass is 406 g/mol. The zero-order valence-corrected chi connectivity index (χ0v) is 15.3. The first-order chi connectivity index (χ1) is 13.7. The van der Waals surface area contributed by atoms with Gasteiger partial charge >= 0.3 is 12.1 Å². The highest BCUT2D eigenvalue weighted by Gasteiger charge is 2.29. The van der Waals surface area contributed by atoms with Crippen LogP contribution < -0.4 is 4.74 Å². The first-order valence-electron chi connectivity index (χ1n) is 8.49. The van der Waals surface area contributed by atoms with Crippen LogP contribution in [0.5, 0.6) is 5.75 Å². The molecule has 1 heterocycles. The Labute approximate surface area is 163 Å². The highest BCUT2D eigenvalue weighted by atomic mass is 19.4. The molecule has 0 amide bonds. The molecule has 0 atom stereocenters. The van der Waals surface area contributed by atoms with Gasteiger partial charge in [0.15, 0.2) is 0 Å². The number of alkyl halides is 3. The molecule has 0 saturated heterocycles. The number of halogens is 3. The van der Waals surface area contributed by atoms with Gasteiger partial charge in [-0.25, -0.2) is 4.79 Å². The number of benzene rings is 2. The number of aromatic nitrogens is 1. The summed E-state index contributed by atoms with van der Waals surface area (Å²) in [4.78, 5) is 15.1. The molecule has 6 nitrogen and oxygen atoms in total. The van der Waals surface area contributed by atoms with Gasteiger partial charge in [-0.1, -0.05) is 17.3 Å². The van der Waals surface area contributed by atoms with E-state index < -0.39 is 24.3 Å². The Morgan fingerprint density at radius 3 is 2.59 bits per heavy atom. The molecule has 0 saturated carbocycles. The number of rotatable bonds is 7. The first kappa shape index (κ1) is 20.2. The third-order valence-corrected chi connectivity index (χ3v) is 4.13. The minimum Gasteiger partial charge on any atom is -0.489 e. The second-order valence-electron chi connectivity index (χ2n) is 6.26. The molecule has 0 unspecified atom stereocenters. The maximum Gasteiger partial charge on any atom is 0.416 e. The molecule has 2 aromatic carbocycles. The molecule has 0 aliphatic rings. The summed E-state index contributed by atoms with van der Waals surface area (Å²) < 4.78 is 45.5. The number of aliphatic carboxylic acids is 1. The predicted octanol–water partition coefficient (Wildman–Crippen LogP) is 4.21. The molecule has 29 heavy (non-hydrogen) atoms. The van der Waals surface area contributed by atoms with Gasteiger partial charge < -0.3 is 19.2 Å². The largest absolute Gasteiger partial charge is 0.489 e. The molecule has 0 aliphatic heterocycles. The minimum atomic E-state index is -4.37. The highest BCUT2D eigenvalue weighted by Crippen LogP contribution is 2.29. The number of oxime groups is 1. The van der Waals surface area contributed by atoms with Gasteiger partial charge in [0.05, 0.1) is 11.8 Å². The van der Waals surface area contributed by atoms with Crippen LogP contribution in [0.25, 0.3) is 10.9 Å². The second-order valence-corrected chi connectivity index (χ2v) is 6.26. The van der Waals surface area contributed by atoms with E-state index in [0.29, 0.717) is 16.9 Å². The number of carboxylic acid groups (broad SMARTS) is 1. The summed E-state index contributed by atoms with van der Waals surface area (Å²) in [7, 11) is 1.85. The maximum absolute atomic E-state index is 12.6. The average Bonchev–Trinajstić information content (AvgIpc) is 2.98. The molecular weight excluding hydrogens is 389 g/mol. The Morgan fingerprint density at radius 1 is 1.21 bits per heavy atom. The van der Waals surface area contributed by atoms with E-state index in [2.05, 4.69) is 9.99 Å². The quantitative estimate of drug-likeness (QED) is 0.471. The molecule has 1 N–H and O–H groups in total. The van der Waals surface area contributed by atoms with Crippen LogP contribution in [0.3, 0.4) is 0 Å². The summed E-state index contributed by atoms with van der Waals surface area (Å²) >= 11 is 0. The van der Waals surface area contributed by atoms with E-state index in [1.165, 1.54) is 18.3 Å². The molecule has 0 fully saturated rings. The summed E-state index contributed by atoms with van der Waals surface area (Å²) in [5, 5.41) is 13.0. The Bertz CT molecular complexity index is 1040. The number of hydrogen-bond acceptors (Lipinski definition) is 4. The molecule has 0 bridgehead atoms. The number of carbonyl (C=O) groups is 1. The van der Waals surface area contributed by atoms with E-state index in [4.69, 9.17) is 9.84 Å². The van der Waals surface area contributed by atoms with Crippen molar-refractivity contribution in [1.82, 2.24) is 4.57 Å². The van der Waals surface area contributed by atoms with E-state index >= 15 is 0 Å². The van der Waals surface area contributed by atoms with Gasteiger partial charge in [0.2, 0.25) is 6.61 Å². The van der Waals surface area contributed by atoms with Crippen molar-refractivity contribution in [1.29, 1.82) is 0 Å². The molecule has 9 heteroatoms. The lowest BCUT2D eigenvalue weighted by molar-refractivity contribution is -0.142. The van der Waals surface area contributed by atoms with Crippen LogP contribution >= 0.6 is 0 Å². The van der Waals surface area contributed by atoms with Gasteiger partial charge in [0, 0.05) is 29.7 Å². The van der Waals surface area contributed by atoms with Gasteiger partial charge in [-0.3, -0.25) is 0 Å². The smallest absolute Gasteiger partial charge is 0.416 e. The van der Waals surface area contributed by atoms with E-state index in [1.54, 1.807) is 18.3 Å². The van der Waals surface area contributed by atoms with Crippen LogP contribution in [-0.2, 0) is 29.5 Å². The van der Waals surface area contributed by atoms with Crippen LogP contribution in [0.15, 0.2) is 53.8 Å². The van der Waals surface area contributed by atoms with Gasteiger partial charge in [-0.15, -0.1) is 0 Å². The standard InChI is InChI=1S/C20H17F3N2O4/c1-25-10-14(9-24-29-12-19(26)27)17-8-16(6-7-18(17)25)28-11-13-2-4-15(5-3-13)20(21,22)23/h2-10H,11-12H2,1H3,(H,26,27)/b24-9+. The van der Waals surface area contributed by atoms with Crippen LogP contribution in [0, 0.1) is 0 Å². The van der Waals surface area contributed by atoms with Crippen molar-refractivity contribution >= 4 is 23.1 Å². The van der Waals surface area contributed by atoms with E-state index in [-0.39, 0.29) is 6.61 Å². The molecule has 0 spiro atoms. The number of ether oxygens (including phenoxy) is 1. The lowest BCUT2D eigenvalue weighted by Gasteiger charge is -2.09. The Hall–Kier alpha value is -3.49. The van der Waals surface area contributed by atoms with Crippen LogP contribution in [0.1, 0.15) is 16.7 Å². The van der Waals surface area contributed by atoms with Crippen LogP contribution in [-0.4, -0.2) is 28.5 Å². The first-order valence-corrected chi connectivity index (χ1v) is 8.49. The molecule has 0 aliphatic carbocycles. The SMILES string of the molecule is Cn1cc(/C=N/OCC(=O)O)c2cc(OCc3ccc(C(F)(F)F)cc3)ccc21. The molecule has 0 radical (unpaired) electrons. The van der Waals surface area contributed by atoms with E-state index in [1.807, 2.05) is 17.7 Å². The number of aryl methyl sites for hydroxylation is 1. The topological polar surface area (TPSA) is 73.1 Å². The molecule has 152 valence electrons. The van der Waals surface area contributed by atoms with Crippen molar-refractivity contribution in [3.8, 4) is 5.75 Å². The fraction of sp³-hybridized carbons (Fsp3) is 0.200. The fourth-order valence-electron chi connectivity index (χ4n) is 2.74. The van der Waals surface area contributed by atoms with Crippen molar-refractivity contribution in [3.63, 3.8) is 0 Å². The second kappa shape index (κ2) is 8.26. The van der Waals surface area contributed by atoms with Crippen molar-refractivity contribution in [2.24, 2.45) is 12.2 Å². The van der Waals surface area contributed by atoms with Crippen molar-refractivity contribution in [2.75, 3.05) is 6.61 Å². The number of nitrogens with zero attached hydrogens (tertiary/aromatic N) is 2. The maximum atomic E-state index is 12.6. The summed E-state index contributed by atoms with van der Waals surface area (Å²) in [5.41, 5.74) is 1.50. The van der Waals surface area contributed by atoms with Gasteiger partial charge in [-0.2, -0.15) is 13.2 Å². The third-order valence-electron chi connectivity index (χ3n) is 4.13. The van der Waals surface area contributed by atoms with Crippen molar-refractivity contribution < 1.29 is 32.6 Å². The number of fused-ring (bicyclic) bond motifs is 1. The van der Waals surface area contributed by atoms with Crippen LogP contribution in [0.4, 0.5) is 13.2 Å². The minimum absolute atomic E-state index is 0.113. The average molecular weight is 406 g/mol. The lowest BCUT2D eigenvalue weighted by Crippen LogP contribution is -2.05. The fourth-order valence-corrected chi connectivity index (χ4v) is 2.74. The lowest BCUT2D eigenvalue weighted by atomic mass is 10.1. The highest BCUT2D eigenvalue weighted by molar-refractivity contribution is 5.99. The summed E-state index contributed by atoms with van der Waals surface area (Å²) in [5.74, 6) is -0.594. The Kier molecular flexibility index (Phi) is 5.76. The molecule has 3 rings (SSSR count). The number of carboxylic acids is 1. The van der Waals surface area contributed by atoms with Gasteiger partial charge in [-0.05, 0) is 35.9 Å². The van der Waals surface area contributed by atoms with Gasteiger partial charge in [0.25, 0.3) is 0 Å². The Morgan fingerprint density at radius 2 is 1.93 bits per heavy atom. The zero-order chi connectivity index (χ0) is 21.0. The molecular formula is C20H17F3N2O4. The zero-order valence-electron chi connectivity index (χ0n) is 15.3. The van der Waals surface area contributed by atoms with E-state index in [0.717, 1.165) is 23.0 Å². The van der Waals surface area contributed by atoms with Crippen molar-refractivity contribution in [3.05, 3.63) is 65.4 Å². The predicted molar refractivity (Wildman–Crippen MR) is 99.9 cm³/mol. The number of hydrogen-bond donors (Lipinski definition) is 1. The molecule has 1 aromatic heterocycles. The molecule has 3 aromatic rings. The summed E-state index contributed by atoms with van der Waals surface area (Å²) in [6.07, 6.45) is -1.16. The van der Waals surface area contributed by atoms with Gasteiger partial charge in [0.1, 0.15) is 12.4 Å². The summed E-state index contributed by atoms with van der Waals surface area (Å²) in [6, 6.07) is 10.2. The van der Waals surface area contributed by atoms with E-state index in [9.17, 15) is 18.0 Å². The van der Waals surface area contributed by atoms with Crippen LogP contribution in [0.2, 0.25) is 0 Å².